The van der Waals surface area contributed by atoms with Crippen LogP contribution < -0.4 is 4.72 Å². The van der Waals surface area contributed by atoms with Gasteiger partial charge in [0.15, 0.2) is 0 Å². The Labute approximate surface area is 97.3 Å². The molecule has 0 aliphatic rings. The van der Waals surface area contributed by atoms with Crippen molar-refractivity contribution in [3.63, 3.8) is 0 Å². The van der Waals surface area contributed by atoms with Gasteiger partial charge in [-0.2, -0.15) is 0 Å². The van der Waals surface area contributed by atoms with Gasteiger partial charge in [0, 0.05) is 0 Å². The average molecular weight is 273 g/mol. The molecule has 0 heterocycles. The van der Waals surface area contributed by atoms with Gasteiger partial charge in [0.2, 0.25) is 10.0 Å². The maximum absolute atomic E-state index is 12.3. The second-order valence-electron chi connectivity index (χ2n) is 3.19. The Kier molecular flexibility index (Phi) is 6.74. The molecule has 0 aromatic heterocycles. The number of hydrogen-bond acceptors (Lipinski definition) is 5. The summed E-state index contributed by atoms with van der Waals surface area (Å²) in [4.78, 5) is 0. The first-order chi connectivity index (χ1) is 7.29. The van der Waals surface area contributed by atoms with Crippen LogP contribution in [0.25, 0.3) is 0 Å². The lowest BCUT2D eigenvalue weighted by molar-refractivity contribution is 0.209. The van der Waals surface area contributed by atoms with Crippen molar-refractivity contribution < 1.29 is 22.0 Å². The van der Waals surface area contributed by atoms with E-state index in [0.29, 0.717) is 6.42 Å². The molecule has 0 aliphatic heterocycles. The zero-order chi connectivity index (χ0) is 12.8. The normalized spacial score (nSPS) is 15.0. The van der Waals surface area contributed by atoms with Crippen LogP contribution in [0, 0.1) is 0 Å². The van der Waals surface area contributed by atoms with Gasteiger partial charge in [-0.05, 0) is 20.3 Å². The summed E-state index contributed by atoms with van der Waals surface area (Å²) < 4.78 is 46.9. The van der Waals surface area contributed by atoms with Crippen LogP contribution in [0.4, 0.5) is 0 Å². The van der Waals surface area contributed by atoms with E-state index in [2.05, 4.69) is 4.72 Å². The van der Waals surface area contributed by atoms with Gasteiger partial charge in [-0.25, -0.2) is 13.1 Å². The Balaban J connectivity index is 4.92. The largest absolute Gasteiger partial charge is 0.348 e. The van der Waals surface area contributed by atoms with E-state index in [-0.39, 0.29) is 13.2 Å². The molecule has 16 heavy (non-hydrogen) atoms. The van der Waals surface area contributed by atoms with Gasteiger partial charge < -0.3 is 9.05 Å². The van der Waals surface area contributed by atoms with E-state index in [1.165, 1.54) is 0 Å². The molecule has 0 aromatic carbocycles. The molecule has 0 aromatic rings. The summed E-state index contributed by atoms with van der Waals surface area (Å²) in [6.07, 6.45) is 1.35. The first kappa shape index (κ1) is 16.1. The number of hydrogen-bond donors (Lipinski definition) is 1. The molecule has 6 nitrogen and oxygen atoms in total. The van der Waals surface area contributed by atoms with E-state index in [9.17, 15) is 13.0 Å². The minimum absolute atomic E-state index is 0.208. The fourth-order valence-electron chi connectivity index (χ4n) is 1.20. The summed E-state index contributed by atoms with van der Waals surface area (Å²) in [5, 5.41) is 0. The number of nitrogens with one attached hydrogen (secondary N) is 1. The second kappa shape index (κ2) is 6.71. The number of sulfonamides is 1. The molecule has 0 amide bonds. The fourth-order valence-corrected chi connectivity index (χ4v) is 4.55. The minimum Gasteiger partial charge on any atom is -0.308 e. The van der Waals surface area contributed by atoms with Gasteiger partial charge in [0.1, 0.15) is 5.78 Å². The van der Waals surface area contributed by atoms with Gasteiger partial charge in [-0.15, -0.1) is 0 Å². The Hall–Kier alpha value is 0.0600. The standard InChI is InChI=1S/C8H20NO5PS/c1-5-8(9-16(4,11)12)15(10,13-6-2)14-7-3/h8-9H,5-7H2,1-4H3. The highest BCUT2D eigenvalue weighted by molar-refractivity contribution is 7.89. The predicted octanol–water partition coefficient (Wildman–Crippen LogP) is 1.54. The lowest BCUT2D eigenvalue weighted by Gasteiger charge is -2.25. The monoisotopic (exact) mass is 273 g/mol. The molecule has 1 unspecified atom stereocenters. The SMILES string of the molecule is CCOP(=O)(OCC)C(CC)NS(C)(=O)=O. The smallest absolute Gasteiger partial charge is 0.308 e. The summed E-state index contributed by atoms with van der Waals surface area (Å²) in [5.74, 6) is -0.831. The minimum atomic E-state index is -3.44. The fraction of sp³-hybridized carbons (Fsp3) is 1.00. The van der Waals surface area contributed by atoms with Gasteiger partial charge in [-0.1, -0.05) is 6.92 Å². The summed E-state index contributed by atoms with van der Waals surface area (Å²) in [6, 6.07) is 0. The molecule has 0 saturated carbocycles. The third kappa shape index (κ3) is 5.41. The summed E-state index contributed by atoms with van der Waals surface area (Å²) in [5.41, 5.74) is 0. The maximum atomic E-state index is 12.3. The molecule has 0 bridgehead atoms. The van der Waals surface area contributed by atoms with E-state index >= 15 is 0 Å². The summed E-state index contributed by atoms with van der Waals surface area (Å²) in [6.45, 7) is 5.49. The van der Waals surface area contributed by atoms with Crippen molar-refractivity contribution in [2.24, 2.45) is 0 Å². The summed E-state index contributed by atoms with van der Waals surface area (Å²) >= 11 is 0. The number of rotatable bonds is 8. The Morgan fingerprint density at radius 1 is 1.19 bits per heavy atom. The molecule has 98 valence electrons. The van der Waals surface area contributed by atoms with Gasteiger partial charge in [-0.3, -0.25) is 4.57 Å². The zero-order valence-electron chi connectivity index (χ0n) is 10.1. The predicted molar refractivity (Wildman–Crippen MR) is 62.9 cm³/mol. The molecule has 0 fully saturated rings. The third-order valence-electron chi connectivity index (χ3n) is 1.74. The van der Waals surface area contributed by atoms with Crippen LogP contribution in [-0.2, 0) is 23.6 Å². The lowest BCUT2D eigenvalue weighted by Crippen LogP contribution is -2.34. The highest BCUT2D eigenvalue weighted by Gasteiger charge is 2.35. The van der Waals surface area contributed by atoms with Crippen LogP contribution in [0.15, 0.2) is 0 Å². The molecular weight excluding hydrogens is 253 g/mol. The van der Waals surface area contributed by atoms with Crippen molar-refractivity contribution in [1.29, 1.82) is 0 Å². The first-order valence-corrected chi connectivity index (χ1v) is 8.65. The van der Waals surface area contributed by atoms with E-state index in [4.69, 9.17) is 9.05 Å². The highest BCUT2D eigenvalue weighted by atomic mass is 32.2. The van der Waals surface area contributed by atoms with Crippen LogP contribution in [0.3, 0.4) is 0 Å². The van der Waals surface area contributed by atoms with Crippen LogP contribution in [0.1, 0.15) is 27.2 Å². The second-order valence-corrected chi connectivity index (χ2v) is 7.19. The van der Waals surface area contributed by atoms with E-state index in [1.807, 2.05) is 0 Å². The molecule has 8 heteroatoms. The third-order valence-corrected chi connectivity index (χ3v) is 5.12. The topological polar surface area (TPSA) is 81.7 Å². The van der Waals surface area contributed by atoms with E-state index < -0.39 is 23.4 Å². The Morgan fingerprint density at radius 3 is 1.88 bits per heavy atom. The molecule has 0 saturated heterocycles. The lowest BCUT2D eigenvalue weighted by atomic mass is 10.5. The molecule has 0 aliphatic carbocycles. The van der Waals surface area contributed by atoms with Crippen LogP contribution in [0.2, 0.25) is 0 Å². The van der Waals surface area contributed by atoms with Crippen molar-refractivity contribution >= 4 is 17.6 Å². The first-order valence-electron chi connectivity index (χ1n) is 5.15. The van der Waals surface area contributed by atoms with Crippen molar-refractivity contribution in [2.45, 2.75) is 33.0 Å². The molecule has 0 radical (unpaired) electrons. The van der Waals surface area contributed by atoms with Gasteiger partial charge >= 0.3 is 7.60 Å². The van der Waals surface area contributed by atoms with Crippen molar-refractivity contribution in [3.05, 3.63) is 0 Å². The molecule has 1 N–H and O–H groups in total. The van der Waals surface area contributed by atoms with Crippen LogP contribution in [-0.4, -0.2) is 33.7 Å². The van der Waals surface area contributed by atoms with E-state index in [0.717, 1.165) is 6.26 Å². The van der Waals surface area contributed by atoms with Crippen molar-refractivity contribution in [1.82, 2.24) is 4.72 Å². The Morgan fingerprint density at radius 2 is 1.62 bits per heavy atom. The van der Waals surface area contributed by atoms with Gasteiger partial charge in [0.05, 0.1) is 19.5 Å². The highest BCUT2D eigenvalue weighted by Crippen LogP contribution is 2.53. The van der Waals surface area contributed by atoms with Gasteiger partial charge in [0.25, 0.3) is 0 Å². The average Bonchev–Trinajstić information content (AvgIpc) is 2.13. The molecule has 0 rings (SSSR count). The van der Waals surface area contributed by atoms with Crippen LogP contribution >= 0.6 is 7.60 Å². The molecular formula is C8H20NO5PS. The van der Waals surface area contributed by atoms with E-state index in [1.54, 1.807) is 20.8 Å². The zero-order valence-corrected chi connectivity index (χ0v) is 11.8. The Bertz CT molecular complexity index is 332. The van der Waals surface area contributed by atoms with Crippen molar-refractivity contribution in [3.8, 4) is 0 Å². The summed E-state index contributed by atoms with van der Waals surface area (Å²) in [7, 11) is -6.85. The van der Waals surface area contributed by atoms with Crippen molar-refractivity contribution in [2.75, 3.05) is 19.5 Å². The van der Waals surface area contributed by atoms with Crippen LogP contribution in [0.5, 0.6) is 0 Å². The molecule has 0 spiro atoms. The maximum Gasteiger partial charge on any atom is 0.348 e. The quantitative estimate of drug-likeness (QED) is 0.678. The molecule has 1 atom stereocenters.